The molecule has 140 valence electrons. The van der Waals surface area contributed by atoms with Crippen LogP contribution in [-0.4, -0.2) is 49.2 Å². The number of hydrogen-bond acceptors (Lipinski definition) is 4. The summed E-state index contributed by atoms with van der Waals surface area (Å²) >= 11 is 6.32. The minimum atomic E-state index is 0.365. The van der Waals surface area contributed by atoms with E-state index in [9.17, 15) is 0 Å². The smallest absolute Gasteiger partial charge is 0.194 e. The largest absolute Gasteiger partial charge is 0.367 e. The molecule has 0 aliphatic carbocycles. The molecule has 0 radical (unpaired) electrons. The molecule has 0 saturated carbocycles. The molecular formula is C19H26ClN5O. The monoisotopic (exact) mass is 375 g/mol. The molecule has 1 aliphatic heterocycles. The van der Waals surface area contributed by atoms with Crippen LogP contribution in [0, 0.1) is 0 Å². The standard InChI is InChI=1S/C19H26ClN5O/c1-14(2)17-12-15(26-23-17)13-22-19(21-3)25-10-8-24(9-11-25)18-7-5-4-6-16(18)20/h4-7,12,14H,8-11,13H2,1-3H3,(H,21,22). The predicted molar refractivity (Wildman–Crippen MR) is 106 cm³/mol. The summed E-state index contributed by atoms with van der Waals surface area (Å²) in [6, 6.07) is 9.99. The van der Waals surface area contributed by atoms with Crippen molar-refractivity contribution in [2.45, 2.75) is 26.3 Å². The summed E-state index contributed by atoms with van der Waals surface area (Å²) < 4.78 is 5.39. The lowest BCUT2D eigenvalue weighted by molar-refractivity contribution is 0.355. The molecule has 3 rings (SSSR count). The SMILES string of the molecule is CN=C(NCc1cc(C(C)C)no1)N1CCN(c2ccccc2Cl)CC1. The van der Waals surface area contributed by atoms with Crippen molar-refractivity contribution in [1.29, 1.82) is 0 Å². The van der Waals surface area contributed by atoms with Crippen LogP contribution in [0.5, 0.6) is 0 Å². The first-order valence-corrected chi connectivity index (χ1v) is 9.37. The van der Waals surface area contributed by atoms with E-state index in [1.807, 2.05) is 31.3 Å². The number of aliphatic imine (C=N–C) groups is 1. The van der Waals surface area contributed by atoms with Gasteiger partial charge in [0.15, 0.2) is 11.7 Å². The van der Waals surface area contributed by atoms with Crippen molar-refractivity contribution in [3.63, 3.8) is 0 Å². The van der Waals surface area contributed by atoms with Crippen molar-refractivity contribution < 1.29 is 4.52 Å². The van der Waals surface area contributed by atoms with E-state index in [1.54, 1.807) is 0 Å². The fraction of sp³-hybridized carbons (Fsp3) is 0.474. The zero-order valence-electron chi connectivity index (χ0n) is 15.6. The van der Waals surface area contributed by atoms with E-state index in [0.29, 0.717) is 12.5 Å². The van der Waals surface area contributed by atoms with Gasteiger partial charge in [0.05, 0.1) is 22.9 Å². The van der Waals surface area contributed by atoms with Crippen LogP contribution < -0.4 is 10.2 Å². The van der Waals surface area contributed by atoms with Crippen LogP contribution in [0.2, 0.25) is 5.02 Å². The van der Waals surface area contributed by atoms with Gasteiger partial charge in [-0.15, -0.1) is 0 Å². The summed E-state index contributed by atoms with van der Waals surface area (Å²) in [5.74, 6) is 2.07. The maximum Gasteiger partial charge on any atom is 0.194 e. The Balaban J connectivity index is 1.54. The quantitative estimate of drug-likeness (QED) is 0.656. The lowest BCUT2D eigenvalue weighted by Crippen LogP contribution is -2.52. The Labute approximate surface area is 159 Å². The highest BCUT2D eigenvalue weighted by Gasteiger charge is 2.21. The van der Waals surface area contributed by atoms with Gasteiger partial charge >= 0.3 is 0 Å². The summed E-state index contributed by atoms with van der Waals surface area (Å²) in [4.78, 5) is 8.98. The highest BCUT2D eigenvalue weighted by Crippen LogP contribution is 2.26. The highest BCUT2D eigenvalue weighted by atomic mass is 35.5. The number of nitrogens with one attached hydrogen (secondary N) is 1. The molecule has 0 spiro atoms. The summed E-state index contributed by atoms with van der Waals surface area (Å²) in [7, 11) is 1.81. The summed E-state index contributed by atoms with van der Waals surface area (Å²) in [6.45, 7) is 8.38. The van der Waals surface area contributed by atoms with E-state index < -0.39 is 0 Å². The van der Waals surface area contributed by atoms with Crippen LogP contribution in [0.25, 0.3) is 0 Å². The molecule has 1 N–H and O–H groups in total. The molecule has 26 heavy (non-hydrogen) atoms. The van der Waals surface area contributed by atoms with Gasteiger partial charge in [-0.1, -0.05) is 42.7 Å². The third-order valence-electron chi connectivity index (χ3n) is 4.57. The molecule has 2 aromatic rings. The zero-order valence-corrected chi connectivity index (χ0v) is 16.3. The van der Waals surface area contributed by atoms with Gasteiger partial charge in [-0.2, -0.15) is 0 Å². The molecule has 1 saturated heterocycles. The number of hydrogen-bond donors (Lipinski definition) is 1. The molecule has 0 amide bonds. The van der Waals surface area contributed by atoms with E-state index >= 15 is 0 Å². The summed E-state index contributed by atoms with van der Waals surface area (Å²) in [5.41, 5.74) is 2.07. The third-order valence-corrected chi connectivity index (χ3v) is 4.89. The van der Waals surface area contributed by atoms with Gasteiger partial charge in [-0.3, -0.25) is 4.99 Å². The molecule has 2 heterocycles. The average Bonchev–Trinajstić information content (AvgIpc) is 3.13. The number of rotatable bonds is 4. The minimum absolute atomic E-state index is 0.365. The van der Waals surface area contributed by atoms with E-state index in [2.05, 4.69) is 45.2 Å². The molecule has 1 fully saturated rings. The van der Waals surface area contributed by atoms with Crippen molar-refractivity contribution in [3.8, 4) is 0 Å². The lowest BCUT2D eigenvalue weighted by Gasteiger charge is -2.37. The van der Waals surface area contributed by atoms with Gasteiger partial charge in [0.2, 0.25) is 0 Å². The Bertz CT molecular complexity index is 750. The first-order chi connectivity index (χ1) is 12.6. The van der Waals surface area contributed by atoms with Crippen molar-refractivity contribution >= 4 is 23.2 Å². The van der Waals surface area contributed by atoms with Crippen LogP contribution >= 0.6 is 11.6 Å². The summed E-state index contributed by atoms with van der Waals surface area (Å²) in [6.07, 6.45) is 0. The van der Waals surface area contributed by atoms with E-state index in [1.165, 1.54) is 0 Å². The third kappa shape index (κ3) is 4.30. The molecule has 0 bridgehead atoms. The fourth-order valence-electron chi connectivity index (χ4n) is 3.05. The van der Waals surface area contributed by atoms with Crippen LogP contribution in [-0.2, 0) is 6.54 Å². The summed E-state index contributed by atoms with van der Waals surface area (Å²) in [5, 5.41) is 8.27. The molecule has 1 aliphatic rings. The second kappa shape index (κ2) is 8.45. The Morgan fingerprint density at radius 3 is 2.62 bits per heavy atom. The Morgan fingerprint density at radius 2 is 2.00 bits per heavy atom. The van der Waals surface area contributed by atoms with E-state index in [4.69, 9.17) is 16.1 Å². The first-order valence-electron chi connectivity index (χ1n) is 8.99. The average molecular weight is 376 g/mol. The van der Waals surface area contributed by atoms with E-state index in [-0.39, 0.29) is 0 Å². The van der Waals surface area contributed by atoms with Crippen molar-refractivity contribution in [2.24, 2.45) is 4.99 Å². The van der Waals surface area contributed by atoms with Gasteiger partial charge in [0.1, 0.15) is 0 Å². The van der Waals surface area contributed by atoms with Gasteiger partial charge in [-0.25, -0.2) is 0 Å². The highest BCUT2D eigenvalue weighted by molar-refractivity contribution is 6.33. The van der Waals surface area contributed by atoms with Gasteiger partial charge in [-0.05, 0) is 18.1 Å². The zero-order chi connectivity index (χ0) is 18.5. The Hall–Kier alpha value is -2.21. The van der Waals surface area contributed by atoms with Crippen LogP contribution in [0.3, 0.4) is 0 Å². The number of halogens is 1. The van der Waals surface area contributed by atoms with Crippen molar-refractivity contribution in [1.82, 2.24) is 15.4 Å². The second-order valence-corrected chi connectivity index (χ2v) is 7.11. The normalized spacial score (nSPS) is 15.7. The molecular weight excluding hydrogens is 350 g/mol. The maximum atomic E-state index is 6.32. The van der Waals surface area contributed by atoms with Gasteiger partial charge < -0.3 is 19.6 Å². The van der Waals surface area contributed by atoms with Gasteiger partial charge in [0, 0.05) is 39.3 Å². The van der Waals surface area contributed by atoms with Gasteiger partial charge in [0.25, 0.3) is 0 Å². The van der Waals surface area contributed by atoms with Crippen LogP contribution in [0.1, 0.15) is 31.2 Å². The van der Waals surface area contributed by atoms with E-state index in [0.717, 1.165) is 54.3 Å². The predicted octanol–water partition coefficient (Wildman–Crippen LogP) is 3.35. The number of piperazine rings is 1. The number of nitrogens with zero attached hydrogens (tertiary/aromatic N) is 4. The minimum Gasteiger partial charge on any atom is -0.367 e. The van der Waals surface area contributed by atoms with Crippen molar-refractivity contribution in [2.75, 3.05) is 38.1 Å². The van der Waals surface area contributed by atoms with Crippen LogP contribution in [0.4, 0.5) is 5.69 Å². The Morgan fingerprint density at radius 1 is 1.27 bits per heavy atom. The number of para-hydroxylation sites is 1. The molecule has 0 atom stereocenters. The maximum absolute atomic E-state index is 6.32. The number of anilines is 1. The van der Waals surface area contributed by atoms with Crippen molar-refractivity contribution in [3.05, 3.63) is 46.8 Å². The number of benzene rings is 1. The molecule has 6 nitrogen and oxygen atoms in total. The van der Waals surface area contributed by atoms with Crippen LogP contribution in [0.15, 0.2) is 39.8 Å². The molecule has 0 unspecified atom stereocenters. The topological polar surface area (TPSA) is 56.9 Å². The molecule has 7 heteroatoms. The molecule has 1 aromatic heterocycles. The number of guanidine groups is 1. The second-order valence-electron chi connectivity index (χ2n) is 6.70. The number of aromatic nitrogens is 1. The first kappa shape index (κ1) is 18.6. The Kier molecular flexibility index (Phi) is 6.04. The fourth-order valence-corrected chi connectivity index (χ4v) is 3.31. The lowest BCUT2D eigenvalue weighted by atomic mass is 10.1. The molecule has 1 aromatic carbocycles.